The molecule has 0 saturated heterocycles. The molecule has 2 aromatic rings. The van der Waals surface area contributed by atoms with E-state index in [1.807, 2.05) is 38.1 Å². The summed E-state index contributed by atoms with van der Waals surface area (Å²) in [6, 6.07) is 14.5. The van der Waals surface area contributed by atoms with Crippen molar-refractivity contribution in [2.75, 3.05) is 5.32 Å². The average Bonchev–Trinajstić information content (AvgIpc) is 2.52. The molecule has 1 atom stereocenters. The monoisotopic (exact) mass is 311 g/mol. The molecule has 23 heavy (non-hydrogen) atoms. The van der Waals surface area contributed by atoms with Crippen LogP contribution in [0.4, 0.5) is 5.69 Å². The van der Waals surface area contributed by atoms with Crippen LogP contribution < -0.4 is 5.32 Å². The lowest BCUT2D eigenvalue weighted by Gasteiger charge is -2.25. The van der Waals surface area contributed by atoms with Gasteiger partial charge in [0, 0.05) is 12.1 Å². The number of rotatable bonds is 5. The predicted octanol–water partition coefficient (Wildman–Crippen LogP) is 3.67. The first kappa shape index (κ1) is 16.7. The molecule has 2 aromatic carbocycles. The van der Waals surface area contributed by atoms with Crippen molar-refractivity contribution in [3.05, 3.63) is 65.2 Å². The van der Waals surface area contributed by atoms with Gasteiger partial charge in [-0.05, 0) is 43.5 Å². The Morgan fingerprint density at radius 2 is 1.70 bits per heavy atom. The summed E-state index contributed by atoms with van der Waals surface area (Å²) in [5, 5.41) is 12.4. The number of carbonyl (C=O) groups excluding carboxylic acids is 1. The third-order valence-corrected chi connectivity index (χ3v) is 4.28. The van der Waals surface area contributed by atoms with Crippen LogP contribution in [0.3, 0.4) is 0 Å². The maximum Gasteiger partial charge on any atom is 0.314 e. The Hall–Kier alpha value is -2.62. The Morgan fingerprint density at radius 3 is 2.30 bits per heavy atom. The SMILES string of the molecule is Cc1cccc(NC(=O)CC(C)(C(=O)O)c2ccccc2)c1C. The van der Waals surface area contributed by atoms with Gasteiger partial charge in [-0.2, -0.15) is 0 Å². The molecular formula is C19H21NO3. The number of aryl methyl sites for hydroxylation is 1. The Labute approximate surface area is 136 Å². The third-order valence-electron chi connectivity index (χ3n) is 4.28. The molecule has 120 valence electrons. The summed E-state index contributed by atoms with van der Waals surface area (Å²) in [5.74, 6) is -1.33. The van der Waals surface area contributed by atoms with E-state index >= 15 is 0 Å². The van der Waals surface area contributed by atoms with Gasteiger partial charge in [0.1, 0.15) is 0 Å². The van der Waals surface area contributed by atoms with Crippen LogP contribution in [0.25, 0.3) is 0 Å². The number of carboxylic acid groups (broad SMARTS) is 1. The van der Waals surface area contributed by atoms with Crippen molar-refractivity contribution in [1.82, 2.24) is 0 Å². The lowest BCUT2D eigenvalue weighted by Crippen LogP contribution is -2.36. The Balaban J connectivity index is 2.23. The van der Waals surface area contributed by atoms with E-state index in [2.05, 4.69) is 5.32 Å². The molecule has 0 aliphatic rings. The highest BCUT2D eigenvalue weighted by molar-refractivity contribution is 5.96. The van der Waals surface area contributed by atoms with Crippen LogP contribution in [0.15, 0.2) is 48.5 Å². The van der Waals surface area contributed by atoms with E-state index in [9.17, 15) is 14.7 Å². The molecule has 1 unspecified atom stereocenters. The van der Waals surface area contributed by atoms with Crippen LogP contribution in [-0.2, 0) is 15.0 Å². The van der Waals surface area contributed by atoms with E-state index in [1.54, 1.807) is 31.2 Å². The van der Waals surface area contributed by atoms with Gasteiger partial charge in [0.15, 0.2) is 0 Å². The Kier molecular flexibility index (Phi) is 4.84. The number of nitrogens with one attached hydrogen (secondary N) is 1. The van der Waals surface area contributed by atoms with Crippen molar-refractivity contribution in [3.63, 3.8) is 0 Å². The molecule has 0 spiro atoms. The number of hydrogen-bond acceptors (Lipinski definition) is 2. The van der Waals surface area contributed by atoms with Crippen molar-refractivity contribution in [1.29, 1.82) is 0 Å². The fourth-order valence-electron chi connectivity index (χ4n) is 2.51. The van der Waals surface area contributed by atoms with E-state index in [-0.39, 0.29) is 12.3 Å². The van der Waals surface area contributed by atoms with E-state index in [4.69, 9.17) is 0 Å². The molecule has 2 rings (SSSR count). The molecule has 0 aromatic heterocycles. The van der Waals surface area contributed by atoms with Gasteiger partial charge in [0.2, 0.25) is 5.91 Å². The van der Waals surface area contributed by atoms with Crippen LogP contribution in [0.5, 0.6) is 0 Å². The maximum atomic E-state index is 12.4. The largest absolute Gasteiger partial charge is 0.481 e. The normalized spacial score (nSPS) is 13.2. The van der Waals surface area contributed by atoms with E-state index in [1.165, 1.54) is 0 Å². The van der Waals surface area contributed by atoms with Gasteiger partial charge in [0.25, 0.3) is 0 Å². The number of benzene rings is 2. The molecule has 0 fully saturated rings. The van der Waals surface area contributed by atoms with Crippen LogP contribution in [0.1, 0.15) is 30.0 Å². The third kappa shape index (κ3) is 3.59. The second kappa shape index (κ2) is 6.65. The Morgan fingerprint density at radius 1 is 1.04 bits per heavy atom. The second-order valence-corrected chi connectivity index (χ2v) is 5.98. The van der Waals surface area contributed by atoms with Gasteiger partial charge in [0.05, 0.1) is 5.41 Å². The first-order chi connectivity index (χ1) is 10.8. The summed E-state index contributed by atoms with van der Waals surface area (Å²) in [5.41, 5.74) is 2.13. The van der Waals surface area contributed by atoms with Crippen molar-refractivity contribution >= 4 is 17.6 Å². The van der Waals surface area contributed by atoms with Crippen molar-refractivity contribution in [2.24, 2.45) is 0 Å². The highest BCUT2D eigenvalue weighted by Gasteiger charge is 2.37. The molecule has 0 saturated carbocycles. The summed E-state index contributed by atoms with van der Waals surface area (Å²) in [4.78, 5) is 24.1. The van der Waals surface area contributed by atoms with Crippen LogP contribution in [0.2, 0.25) is 0 Å². The lowest BCUT2D eigenvalue weighted by atomic mass is 9.79. The fourth-order valence-corrected chi connectivity index (χ4v) is 2.51. The molecule has 2 N–H and O–H groups in total. The summed E-state index contributed by atoms with van der Waals surface area (Å²) in [6.07, 6.45) is -0.125. The molecule has 4 heteroatoms. The number of carboxylic acids is 1. The standard InChI is InChI=1S/C19H21NO3/c1-13-8-7-11-16(14(13)2)20-17(21)12-19(3,18(22)23)15-9-5-4-6-10-15/h4-11H,12H2,1-3H3,(H,20,21)(H,22,23). The van der Waals surface area contributed by atoms with Crippen molar-refractivity contribution in [3.8, 4) is 0 Å². The zero-order valence-corrected chi connectivity index (χ0v) is 13.6. The number of hydrogen-bond donors (Lipinski definition) is 2. The number of aliphatic carboxylic acids is 1. The van der Waals surface area contributed by atoms with Crippen molar-refractivity contribution < 1.29 is 14.7 Å². The molecule has 0 heterocycles. The van der Waals surface area contributed by atoms with Crippen molar-refractivity contribution in [2.45, 2.75) is 32.6 Å². The molecule has 0 bridgehead atoms. The molecule has 0 radical (unpaired) electrons. The topological polar surface area (TPSA) is 66.4 Å². The van der Waals surface area contributed by atoms with Crippen LogP contribution >= 0.6 is 0 Å². The second-order valence-electron chi connectivity index (χ2n) is 5.98. The van der Waals surface area contributed by atoms with E-state index in [0.29, 0.717) is 5.56 Å². The zero-order chi connectivity index (χ0) is 17.0. The quantitative estimate of drug-likeness (QED) is 0.885. The van der Waals surface area contributed by atoms with Gasteiger partial charge in [-0.25, -0.2) is 0 Å². The minimum atomic E-state index is -1.26. The fraction of sp³-hybridized carbons (Fsp3) is 0.263. The Bertz CT molecular complexity index is 725. The summed E-state index contributed by atoms with van der Waals surface area (Å²) in [7, 11) is 0. The average molecular weight is 311 g/mol. The predicted molar refractivity (Wildman–Crippen MR) is 90.6 cm³/mol. The molecule has 0 aliphatic carbocycles. The molecule has 0 aliphatic heterocycles. The van der Waals surface area contributed by atoms with Gasteiger partial charge in [-0.15, -0.1) is 0 Å². The van der Waals surface area contributed by atoms with Crippen LogP contribution in [-0.4, -0.2) is 17.0 Å². The minimum Gasteiger partial charge on any atom is -0.481 e. The molecule has 1 amide bonds. The summed E-state index contributed by atoms with van der Waals surface area (Å²) < 4.78 is 0. The zero-order valence-electron chi connectivity index (χ0n) is 13.6. The van der Waals surface area contributed by atoms with Crippen LogP contribution in [0, 0.1) is 13.8 Å². The van der Waals surface area contributed by atoms with Gasteiger partial charge >= 0.3 is 5.97 Å². The number of anilines is 1. The molecular weight excluding hydrogens is 290 g/mol. The highest BCUT2D eigenvalue weighted by atomic mass is 16.4. The van der Waals surface area contributed by atoms with Gasteiger partial charge in [-0.1, -0.05) is 42.5 Å². The maximum absolute atomic E-state index is 12.4. The number of carbonyl (C=O) groups is 2. The highest BCUT2D eigenvalue weighted by Crippen LogP contribution is 2.29. The van der Waals surface area contributed by atoms with E-state index in [0.717, 1.165) is 16.8 Å². The molecule has 4 nitrogen and oxygen atoms in total. The lowest BCUT2D eigenvalue weighted by molar-refractivity contribution is -0.145. The van der Waals surface area contributed by atoms with E-state index < -0.39 is 11.4 Å². The summed E-state index contributed by atoms with van der Waals surface area (Å²) in [6.45, 7) is 5.47. The smallest absolute Gasteiger partial charge is 0.314 e. The number of amides is 1. The summed E-state index contributed by atoms with van der Waals surface area (Å²) >= 11 is 0. The minimum absolute atomic E-state index is 0.125. The first-order valence-electron chi connectivity index (χ1n) is 7.49. The van der Waals surface area contributed by atoms with Gasteiger partial charge in [-0.3, -0.25) is 9.59 Å². The van der Waals surface area contributed by atoms with Gasteiger partial charge < -0.3 is 10.4 Å². The first-order valence-corrected chi connectivity index (χ1v) is 7.49.